The third-order valence-electron chi connectivity index (χ3n) is 5.16. The van der Waals surface area contributed by atoms with Crippen LogP contribution >= 0.6 is 11.8 Å². The lowest BCUT2D eigenvalue weighted by molar-refractivity contribution is -0.125. The number of nitrogens with zero attached hydrogens (tertiary/aromatic N) is 2. The molecule has 1 aromatic rings. The van der Waals surface area contributed by atoms with E-state index in [0.717, 1.165) is 19.6 Å². The Morgan fingerprint density at radius 1 is 1.22 bits per heavy atom. The molecule has 0 bridgehead atoms. The van der Waals surface area contributed by atoms with E-state index in [-0.39, 0.29) is 28.9 Å². The summed E-state index contributed by atoms with van der Waals surface area (Å²) in [7, 11) is 0. The fourth-order valence-corrected chi connectivity index (χ4v) is 5.18. The molecule has 0 aromatic heterocycles. The van der Waals surface area contributed by atoms with E-state index in [0.29, 0.717) is 17.9 Å². The molecule has 2 aliphatic rings. The molecule has 7 heteroatoms. The Morgan fingerprint density at radius 3 is 2.52 bits per heavy atom. The van der Waals surface area contributed by atoms with Gasteiger partial charge in [-0.2, -0.15) is 0 Å². The van der Waals surface area contributed by atoms with Gasteiger partial charge in [-0.1, -0.05) is 13.8 Å². The number of nitrogens with one attached hydrogen (secondary N) is 1. The number of rotatable bonds is 6. The molecule has 2 fully saturated rings. The molecule has 27 heavy (non-hydrogen) atoms. The quantitative estimate of drug-likeness (QED) is 0.807. The number of likely N-dealkylation sites (tertiary alicyclic amines) is 1. The SMILES string of the molecule is CC(C)C1SCC(C(=O)NCCN2CCCC2)N1C(=O)c1ccc(F)cc1. The molecule has 1 N–H and O–H groups in total. The van der Waals surface area contributed by atoms with Gasteiger partial charge in [0, 0.05) is 24.4 Å². The van der Waals surface area contributed by atoms with Gasteiger partial charge in [-0.05, 0) is 56.1 Å². The molecule has 5 nitrogen and oxygen atoms in total. The number of amides is 2. The first-order chi connectivity index (χ1) is 13.0. The summed E-state index contributed by atoms with van der Waals surface area (Å²) >= 11 is 1.64. The van der Waals surface area contributed by atoms with Crippen LogP contribution in [-0.2, 0) is 4.79 Å². The first-order valence-corrected chi connectivity index (χ1v) is 10.7. The van der Waals surface area contributed by atoms with Crippen LogP contribution in [0.25, 0.3) is 0 Å². The van der Waals surface area contributed by atoms with Crippen molar-refractivity contribution in [1.82, 2.24) is 15.1 Å². The van der Waals surface area contributed by atoms with Crippen molar-refractivity contribution < 1.29 is 14.0 Å². The smallest absolute Gasteiger partial charge is 0.255 e. The highest BCUT2D eigenvalue weighted by atomic mass is 32.2. The Kier molecular flexibility index (Phi) is 6.76. The zero-order chi connectivity index (χ0) is 19.4. The summed E-state index contributed by atoms with van der Waals surface area (Å²) in [5.74, 6) is 0.130. The molecule has 2 saturated heterocycles. The van der Waals surface area contributed by atoms with Crippen molar-refractivity contribution in [2.45, 2.75) is 38.1 Å². The monoisotopic (exact) mass is 393 g/mol. The molecular formula is C20H28FN3O2S. The predicted octanol–water partition coefficient (Wildman–Crippen LogP) is 2.58. The highest BCUT2D eigenvalue weighted by Gasteiger charge is 2.42. The van der Waals surface area contributed by atoms with E-state index in [2.05, 4.69) is 24.1 Å². The largest absolute Gasteiger partial charge is 0.353 e. The maximum atomic E-state index is 13.2. The number of hydrogen-bond acceptors (Lipinski definition) is 4. The molecule has 0 aliphatic carbocycles. The predicted molar refractivity (Wildman–Crippen MR) is 106 cm³/mol. The zero-order valence-electron chi connectivity index (χ0n) is 16.0. The third kappa shape index (κ3) is 4.82. The van der Waals surface area contributed by atoms with Crippen molar-refractivity contribution in [3.05, 3.63) is 35.6 Å². The summed E-state index contributed by atoms with van der Waals surface area (Å²) in [6.45, 7) is 7.75. The number of thioether (sulfide) groups is 1. The van der Waals surface area contributed by atoms with Gasteiger partial charge in [0.2, 0.25) is 5.91 Å². The normalized spacial score (nSPS) is 23.2. The molecule has 0 spiro atoms. The molecule has 2 aliphatic heterocycles. The van der Waals surface area contributed by atoms with Gasteiger partial charge in [0.1, 0.15) is 11.9 Å². The van der Waals surface area contributed by atoms with Crippen LogP contribution in [-0.4, -0.2) is 65.0 Å². The van der Waals surface area contributed by atoms with E-state index >= 15 is 0 Å². The van der Waals surface area contributed by atoms with E-state index in [9.17, 15) is 14.0 Å². The van der Waals surface area contributed by atoms with Gasteiger partial charge in [-0.15, -0.1) is 11.8 Å². The molecule has 2 heterocycles. The minimum atomic E-state index is -0.487. The Morgan fingerprint density at radius 2 is 1.89 bits per heavy atom. The molecule has 1 aromatic carbocycles. The van der Waals surface area contributed by atoms with Crippen LogP contribution < -0.4 is 5.32 Å². The number of hydrogen-bond donors (Lipinski definition) is 1. The summed E-state index contributed by atoms with van der Waals surface area (Å²) in [4.78, 5) is 29.9. The summed E-state index contributed by atoms with van der Waals surface area (Å²) in [5, 5.41) is 2.95. The standard InChI is InChI=1S/C20H28FN3O2S/c1-14(2)20-24(19(26)15-5-7-16(21)8-6-15)17(13-27-20)18(25)22-9-12-23-10-3-4-11-23/h5-8,14,17,20H,3-4,9-13H2,1-2H3,(H,22,25). The third-order valence-corrected chi connectivity index (χ3v) is 6.78. The second-order valence-electron chi connectivity index (χ2n) is 7.54. The molecule has 3 rings (SSSR count). The first kappa shape index (κ1) is 20.1. The van der Waals surface area contributed by atoms with Gasteiger partial charge < -0.3 is 15.1 Å². The molecule has 0 radical (unpaired) electrons. The van der Waals surface area contributed by atoms with Crippen molar-refractivity contribution >= 4 is 23.6 Å². The second-order valence-corrected chi connectivity index (χ2v) is 8.69. The van der Waals surface area contributed by atoms with Crippen molar-refractivity contribution in [3.8, 4) is 0 Å². The zero-order valence-corrected chi connectivity index (χ0v) is 16.8. The van der Waals surface area contributed by atoms with Crippen molar-refractivity contribution in [3.63, 3.8) is 0 Å². The average molecular weight is 394 g/mol. The van der Waals surface area contributed by atoms with Gasteiger partial charge in [-0.3, -0.25) is 9.59 Å². The van der Waals surface area contributed by atoms with Crippen molar-refractivity contribution in [2.75, 3.05) is 31.9 Å². The summed E-state index contributed by atoms with van der Waals surface area (Å²) < 4.78 is 13.2. The average Bonchev–Trinajstić information content (AvgIpc) is 3.31. The van der Waals surface area contributed by atoms with Crippen LogP contribution in [0.2, 0.25) is 0 Å². The van der Waals surface area contributed by atoms with Crippen LogP contribution in [0.1, 0.15) is 37.0 Å². The lowest BCUT2D eigenvalue weighted by Crippen LogP contribution is -2.51. The maximum absolute atomic E-state index is 13.2. The summed E-state index contributed by atoms with van der Waals surface area (Å²) in [6, 6.07) is 5.05. The molecule has 2 amide bonds. The van der Waals surface area contributed by atoms with Crippen molar-refractivity contribution in [1.29, 1.82) is 0 Å². The lowest BCUT2D eigenvalue weighted by atomic mass is 10.1. The molecule has 0 saturated carbocycles. The molecule has 2 atom stereocenters. The van der Waals surface area contributed by atoms with Crippen molar-refractivity contribution in [2.24, 2.45) is 5.92 Å². The summed E-state index contributed by atoms with van der Waals surface area (Å²) in [6.07, 6.45) is 2.45. The van der Waals surface area contributed by atoms with Crippen LogP contribution in [0, 0.1) is 11.7 Å². The number of benzene rings is 1. The fourth-order valence-electron chi connectivity index (χ4n) is 3.70. The number of halogens is 1. The van der Waals surface area contributed by atoms with E-state index in [1.807, 2.05) is 0 Å². The molecule has 2 unspecified atom stereocenters. The van der Waals surface area contributed by atoms with E-state index in [4.69, 9.17) is 0 Å². The minimum absolute atomic E-state index is 0.0584. The lowest BCUT2D eigenvalue weighted by Gasteiger charge is -2.31. The first-order valence-electron chi connectivity index (χ1n) is 9.67. The highest BCUT2D eigenvalue weighted by Crippen LogP contribution is 2.35. The van der Waals surface area contributed by atoms with Crippen LogP contribution in [0.5, 0.6) is 0 Å². The van der Waals surface area contributed by atoms with Gasteiger partial charge in [0.05, 0.1) is 5.37 Å². The van der Waals surface area contributed by atoms with Gasteiger partial charge in [0.25, 0.3) is 5.91 Å². The van der Waals surface area contributed by atoms with Gasteiger partial charge in [0.15, 0.2) is 0 Å². The topological polar surface area (TPSA) is 52.7 Å². The van der Waals surface area contributed by atoms with Crippen LogP contribution in [0.4, 0.5) is 4.39 Å². The van der Waals surface area contributed by atoms with E-state index < -0.39 is 6.04 Å². The fraction of sp³-hybridized carbons (Fsp3) is 0.600. The maximum Gasteiger partial charge on any atom is 0.255 e. The van der Waals surface area contributed by atoms with E-state index in [1.54, 1.807) is 16.7 Å². The number of carbonyl (C=O) groups is 2. The summed E-state index contributed by atoms with van der Waals surface area (Å²) in [5.41, 5.74) is 0.416. The number of carbonyl (C=O) groups excluding carboxylic acids is 2. The van der Waals surface area contributed by atoms with Gasteiger partial charge >= 0.3 is 0 Å². The Bertz CT molecular complexity index is 662. The van der Waals surface area contributed by atoms with Crippen LogP contribution in [0.15, 0.2) is 24.3 Å². The molecular weight excluding hydrogens is 365 g/mol. The minimum Gasteiger partial charge on any atom is -0.353 e. The van der Waals surface area contributed by atoms with Crippen LogP contribution in [0.3, 0.4) is 0 Å². The Hall–Kier alpha value is -1.60. The second kappa shape index (κ2) is 9.06. The Labute approximate surface area is 164 Å². The van der Waals surface area contributed by atoms with E-state index in [1.165, 1.54) is 37.1 Å². The molecule has 148 valence electrons. The Balaban J connectivity index is 1.67. The highest BCUT2D eigenvalue weighted by molar-refractivity contribution is 8.00. The van der Waals surface area contributed by atoms with Gasteiger partial charge in [-0.25, -0.2) is 4.39 Å².